The molecule has 0 saturated heterocycles. The van der Waals surface area contributed by atoms with Gasteiger partial charge in [-0.1, -0.05) is 6.92 Å². The Labute approximate surface area is 72.8 Å². The van der Waals surface area contributed by atoms with Gasteiger partial charge in [-0.2, -0.15) is 0 Å². The third kappa shape index (κ3) is 9.71. The van der Waals surface area contributed by atoms with Crippen LogP contribution >= 0.6 is 12.4 Å². The first kappa shape index (κ1) is 13.3. The highest BCUT2D eigenvalue weighted by Crippen LogP contribution is 1.86. The zero-order chi connectivity index (χ0) is 8.20. The Balaban J connectivity index is 0. The van der Waals surface area contributed by atoms with Crippen molar-refractivity contribution >= 4 is 28.3 Å². The topological polar surface area (TPSA) is 63.2 Å². The van der Waals surface area contributed by atoms with Crippen molar-refractivity contribution in [1.82, 2.24) is 4.72 Å². The van der Waals surface area contributed by atoms with Crippen molar-refractivity contribution < 1.29 is 13.2 Å². The van der Waals surface area contributed by atoms with Gasteiger partial charge in [-0.05, 0) is 6.42 Å². The molecule has 0 radical (unpaired) electrons. The van der Waals surface area contributed by atoms with Gasteiger partial charge in [0, 0.05) is 6.42 Å². The maximum Gasteiger partial charge on any atom is 0.233 e. The van der Waals surface area contributed by atoms with Gasteiger partial charge in [0.05, 0.1) is 6.26 Å². The average molecular weight is 202 g/mol. The molecule has 0 unspecified atom stereocenters. The van der Waals surface area contributed by atoms with Crippen LogP contribution in [-0.2, 0) is 14.8 Å². The molecule has 0 aromatic carbocycles. The van der Waals surface area contributed by atoms with Crippen molar-refractivity contribution in [2.45, 2.75) is 19.8 Å². The van der Waals surface area contributed by atoms with E-state index in [0.29, 0.717) is 6.42 Å². The minimum absolute atomic E-state index is 0. The Kier molecular flexibility index (Phi) is 6.50. The number of sulfonamides is 1. The smallest absolute Gasteiger partial charge is 0.233 e. The molecule has 0 atom stereocenters. The first-order valence-electron chi connectivity index (χ1n) is 2.96. The third-order valence-electron chi connectivity index (χ3n) is 0.776. The Morgan fingerprint density at radius 2 is 1.91 bits per heavy atom. The predicted molar refractivity (Wildman–Crippen MR) is 45.1 cm³/mol. The molecule has 68 valence electrons. The van der Waals surface area contributed by atoms with E-state index in [4.69, 9.17) is 0 Å². The fraction of sp³-hybridized carbons (Fsp3) is 0.800. The lowest BCUT2D eigenvalue weighted by molar-refractivity contribution is -0.119. The summed E-state index contributed by atoms with van der Waals surface area (Å²) in [5.41, 5.74) is 0. The largest absolute Gasteiger partial charge is 0.274 e. The van der Waals surface area contributed by atoms with Gasteiger partial charge in [0.25, 0.3) is 0 Å². The Bertz CT molecular complexity index is 212. The molecule has 4 nitrogen and oxygen atoms in total. The molecule has 0 saturated carbocycles. The van der Waals surface area contributed by atoms with Crippen LogP contribution in [0.3, 0.4) is 0 Å². The molecule has 0 fully saturated rings. The molecule has 6 heteroatoms. The normalized spacial score (nSPS) is 10.0. The van der Waals surface area contributed by atoms with Gasteiger partial charge in [-0.15, -0.1) is 12.4 Å². The molecule has 0 aromatic rings. The van der Waals surface area contributed by atoms with Gasteiger partial charge in [0.2, 0.25) is 15.9 Å². The zero-order valence-electron chi connectivity index (χ0n) is 6.46. The first-order chi connectivity index (χ1) is 4.45. The van der Waals surface area contributed by atoms with E-state index in [2.05, 4.69) is 0 Å². The van der Waals surface area contributed by atoms with Crippen LogP contribution in [0.2, 0.25) is 0 Å². The third-order valence-corrected chi connectivity index (χ3v) is 1.37. The summed E-state index contributed by atoms with van der Waals surface area (Å²) in [6.07, 6.45) is 1.87. The van der Waals surface area contributed by atoms with Crippen molar-refractivity contribution in [1.29, 1.82) is 0 Å². The quantitative estimate of drug-likeness (QED) is 0.714. The molecule has 0 spiro atoms. The monoisotopic (exact) mass is 201 g/mol. The van der Waals surface area contributed by atoms with E-state index < -0.39 is 15.9 Å². The summed E-state index contributed by atoms with van der Waals surface area (Å²) in [6, 6.07) is 0. The predicted octanol–water partition coefficient (Wildman–Crippen LogP) is 0.284. The van der Waals surface area contributed by atoms with Crippen molar-refractivity contribution in [3.63, 3.8) is 0 Å². The van der Waals surface area contributed by atoms with Crippen molar-refractivity contribution in [3.8, 4) is 0 Å². The second kappa shape index (κ2) is 5.37. The van der Waals surface area contributed by atoms with Crippen molar-refractivity contribution in [2.75, 3.05) is 6.26 Å². The maximum absolute atomic E-state index is 10.6. The highest BCUT2D eigenvalue weighted by atomic mass is 35.5. The Morgan fingerprint density at radius 3 is 2.18 bits per heavy atom. The van der Waals surface area contributed by atoms with Gasteiger partial charge in [0.1, 0.15) is 0 Å². The molecule has 0 aliphatic rings. The number of hydrogen-bond acceptors (Lipinski definition) is 3. The molecule has 0 heterocycles. The number of hydrogen-bond donors (Lipinski definition) is 1. The fourth-order valence-corrected chi connectivity index (χ4v) is 1.00. The molecule has 0 rings (SSSR count). The molecule has 0 aliphatic carbocycles. The number of amides is 1. The summed E-state index contributed by atoms with van der Waals surface area (Å²) in [5, 5.41) is 0. The highest BCUT2D eigenvalue weighted by molar-refractivity contribution is 7.89. The van der Waals surface area contributed by atoms with E-state index >= 15 is 0 Å². The van der Waals surface area contributed by atoms with Crippen molar-refractivity contribution in [2.24, 2.45) is 0 Å². The summed E-state index contributed by atoms with van der Waals surface area (Å²) < 4.78 is 22.6. The minimum Gasteiger partial charge on any atom is -0.274 e. The van der Waals surface area contributed by atoms with Crippen LogP contribution in [0.15, 0.2) is 0 Å². The number of carbonyl (C=O) groups excluding carboxylic acids is 1. The standard InChI is InChI=1S/C5H11NO3S.ClH/c1-3-4-5(7)6-10(2,8)9;/h3-4H2,1-2H3,(H,6,7);1H. The highest BCUT2D eigenvalue weighted by Gasteiger charge is 2.05. The van der Waals surface area contributed by atoms with E-state index in [1.54, 1.807) is 0 Å². The lowest BCUT2D eigenvalue weighted by atomic mass is 10.3. The van der Waals surface area contributed by atoms with Crippen LogP contribution in [0.5, 0.6) is 0 Å². The zero-order valence-corrected chi connectivity index (χ0v) is 8.09. The molecular weight excluding hydrogens is 190 g/mol. The molecular formula is C5H12ClNO3S. The Hall–Kier alpha value is -0.290. The van der Waals surface area contributed by atoms with Gasteiger partial charge >= 0.3 is 0 Å². The molecule has 1 N–H and O–H groups in total. The van der Waals surface area contributed by atoms with Crippen molar-refractivity contribution in [3.05, 3.63) is 0 Å². The van der Waals surface area contributed by atoms with E-state index in [1.165, 1.54) is 0 Å². The SMILES string of the molecule is CCCC(=O)NS(C)(=O)=O.Cl. The summed E-state index contributed by atoms with van der Waals surface area (Å²) >= 11 is 0. The van der Waals surface area contributed by atoms with Crippen LogP contribution < -0.4 is 4.72 Å². The van der Waals surface area contributed by atoms with E-state index in [1.807, 2.05) is 11.6 Å². The van der Waals surface area contributed by atoms with Gasteiger partial charge in [-0.25, -0.2) is 8.42 Å². The summed E-state index contributed by atoms with van der Waals surface area (Å²) in [5.74, 6) is -0.440. The van der Waals surface area contributed by atoms with E-state index in [-0.39, 0.29) is 18.8 Å². The van der Waals surface area contributed by atoms with Crippen LogP contribution in [0.1, 0.15) is 19.8 Å². The number of rotatable bonds is 3. The number of nitrogens with one attached hydrogen (secondary N) is 1. The fourth-order valence-electron chi connectivity index (χ4n) is 0.485. The van der Waals surface area contributed by atoms with Gasteiger partial charge in [0.15, 0.2) is 0 Å². The molecule has 0 aromatic heterocycles. The summed E-state index contributed by atoms with van der Waals surface area (Å²) in [7, 11) is -3.35. The van der Waals surface area contributed by atoms with Crippen LogP contribution in [0.25, 0.3) is 0 Å². The molecule has 1 amide bonds. The lowest BCUT2D eigenvalue weighted by Crippen LogP contribution is -2.28. The second-order valence-electron chi connectivity index (χ2n) is 2.05. The van der Waals surface area contributed by atoms with E-state index in [0.717, 1.165) is 6.26 Å². The molecule has 11 heavy (non-hydrogen) atoms. The molecule has 0 aliphatic heterocycles. The maximum atomic E-state index is 10.6. The van der Waals surface area contributed by atoms with Gasteiger partial charge < -0.3 is 0 Å². The van der Waals surface area contributed by atoms with Crippen LogP contribution in [0, 0.1) is 0 Å². The second-order valence-corrected chi connectivity index (χ2v) is 3.80. The average Bonchev–Trinajstić information content (AvgIpc) is 1.59. The van der Waals surface area contributed by atoms with E-state index in [9.17, 15) is 13.2 Å². The van der Waals surface area contributed by atoms with Crippen LogP contribution in [-0.4, -0.2) is 20.6 Å². The Morgan fingerprint density at radius 1 is 1.45 bits per heavy atom. The minimum atomic E-state index is -3.35. The van der Waals surface area contributed by atoms with Crippen LogP contribution in [0.4, 0.5) is 0 Å². The summed E-state index contributed by atoms with van der Waals surface area (Å²) in [6.45, 7) is 1.81. The molecule has 0 bridgehead atoms. The lowest BCUT2D eigenvalue weighted by Gasteiger charge is -1.98. The van der Waals surface area contributed by atoms with Gasteiger partial charge in [-0.3, -0.25) is 9.52 Å². The number of carbonyl (C=O) groups is 1. The first-order valence-corrected chi connectivity index (χ1v) is 4.85. The summed E-state index contributed by atoms with van der Waals surface area (Å²) in [4.78, 5) is 10.6. The number of halogens is 1.